The molecule has 2 aromatic rings. The number of carbonyl (C=O) groups is 1. The van der Waals surface area contributed by atoms with Gasteiger partial charge in [-0.05, 0) is 62.8 Å². The third kappa shape index (κ3) is 5.75. The Labute approximate surface area is 162 Å². The van der Waals surface area contributed by atoms with Gasteiger partial charge in [0.1, 0.15) is 18.0 Å². The molecule has 0 aromatic heterocycles. The number of carbonyl (C=O) groups excluding carboxylic acids is 1. The van der Waals surface area contributed by atoms with Gasteiger partial charge in [0.2, 0.25) is 0 Å². The van der Waals surface area contributed by atoms with E-state index in [9.17, 15) is 4.79 Å². The van der Waals surface area contributed by atoms with Crippen LogP contribution in [0.3, 0.4) is 0 Å². The van der Waals surface area contributed by atoms with Crippen molar-refractivity contribution in [2.24, 2.45) is 0 Å². The normalized spacial score (nSPS) is 15.4. The lowest BCUT2D eigenvalue weighted by Crippen LogP contribution is -2.41. The van der Waals surface area contributed by atoms with Gasteiger partial charge in [0.25, 0.3) is 0 Å². The maximum atomic E-state index is 12.2. The Morgan fingerprint density at radius 1 is 1.00 bits per heavy atom. The molecule has 0 N–H and O–H groups in total. The van der Waals surface area contributed by atoms with Crippen LogP contribution in [0.5, 0.6) is 5.75 Å². The lowest BCUT2D eigenvalue weighted by atomic mass is 9.89. The van der Waals surface area contributed by atoms with Crippen LogP contribution in [0.4, 0.5) is 4.79 Å². The summed E-state index contributed by atoms with van der Waals surface area (Å²) in [6, 6.07) is 18.5. The first kappa shape index (κ1) is 19.3. The molecule has 1 amide bonds. The average Bonchev–Trinajstić information content (AvgIpc) is 2.66. The van der Waals surface area contributed by atoms with Crippen LogP contribution in [0, 0.1) is 0 Å². The summed E-state index contributed by atoms with van der Waals surface area (Å²) in [5.74, 6) is 1.36. The van der Waals surface area contributed by atoms with Crippen molar-refractivity contribution in [2.75, 3.05) is 13.1 Å². The van der Waals surface area contributed by atoms with Crippen LogP contribution in [-0.4, -0.2) is 29.7 Å². The second-order valence-electron chi connectivity index (χ2n) is 8.08. The number of piperidine rings is 1. The van der Waals surface area contributed by atoms with Gasteiger partial charge >= 0.3 is 6.09 Å². The highest BCUT2D eigenvalue weighted by molar-refractivity contribution is 5.68. The van der Waals surface area contributed by atoms with E-state index < -0.39 is 5.60 Å². The third-order valence-corrected chi connectivity index (χ3v) is 4.75. The molecule has 1 aliphatic heterocycles. The molecule has 0 saturated carbocycles. The monoisotopic (exact) mass is 367 g/mol. The Balaban J connectivity index is 1.49. The lowest BCUT2D eigenvalue weighted by Gasteiger charge is -2.33. The standard InChI is InChI=1S/C23H29NO3/c1-23(2,3)27-22(25)24-15-13-20(14-16-24)19-9-11-21(12-10-19)26-17-18-7-5-4-6-8-18/h4-12,20H,13-17H2,1-3H3. The first-order valence-electron chi connectivity index (χ1n) is 9.65. The maximum Gasteiger partial charge on any atom is 0.410 e. The number of nitrogens with zero attached hydrogens (tertiary/aromatic N) is 1. The molecule has 0 unspecified atom stereocenters. The molecular formula is C23H29NO3. The van der Waals surface area contributed by atoms with Crippen molar-refractivity contribution in [3.63, 3.8) is 0 Å². The van der Waals surface area contributed by atoms with E-state index >= 15 is 0 Å². The summed E-state index contributed by atoms with van der Waals surface area (Å²) in [4.78, 5) is 14.0. The van der Waals surface area contributed by atoms with Crippen LogP contribution in [-0.2, 0) is 11.3 Å². The fraction of sp³-hybridized carbons (Fsp3) is 0.435. The molecule has 1 saturated heterocycles. The molecule has 0 atom stereocenters. The van der Waals surface area contributed by atoms with Crippen molar-refractivity contribution < 1.29 is 14.3 Å². The molecule has 0 spiro atoms. The Hall–Kier alpha value is -2.49. The van der Waals surface area contributed by atoms with E-state index in [1.54, 1.807) is 0 Å². The number of amides is 1. The predicted octanol–water partition coefficient (Wildman–Crippen LogP) is 5.38. The molecule has 0 radical (unpaired) electrons. The van der Waals surface area contributed by atoms with Crippen LogP contribution in [0.1, 0.15) is 50.7 Å². The summed E-state index contributed by atoms with van der Waals surface area (Å²) >= 11 is 0. The summed E-state index contributed by atoms with van der Waals surface area (Å²) in [5.41, 5.74) is 2.03. The van der Waals surface area contributed by atoms with E-state index in [2.05, 4.69) is 24.3 Å². The summed E-state index contributed by atoms with van der Waals surface area (Å²) < 4.78 is 11.3. The lowest BCUT2D eigenvalue weighted by molar-refractivity contribution is 0.0205. The predicted molar refractivity (Wildman–Crippen MR) is 107 cm³/mol. The fourth-order valence-corrected chi connectivity index (χ4v) is 3.30. The maximum absolute atomic E-state index is 12.2. The molecule has 3 rings (SSSR count). The minimum atomic E-state index is -0.441. The van der Waals surface area contributed by atoms with Crippen molar-refractivity contribution >= 4 is 6.09 Å². The van der Waals surface area contributed by atoms with Gasteiger partial charge in [0.15, 0.2) is 0 Å². The van der Waals surface area contributed by atoms with Crippen LogP contribution in [0.2, 0.25) is 0 Å². The van der Waals surface area contributed by atoms with E-state index in [1.807, 2.05) is 56.0 Å². The van der Waals surface area contributed by atoms with Gasteiger partial charge in [-0.25, -0.2) is 4.79 Å². The van der Waals surface area contributed by atoms with E-state index in [4.69, 9.17) is 9.47 Å². The topological polar surface area (TPSA) is 38.8 Å². The van der Waals surface area contributed by atoms with E-state index in [0.29, 0.717) is 12.5 Å². The molecular weight excluding hydrogens is 338 g/mol. The number of benzene rings is 2. The minimum Gasteiger partial charge on any atom is -0.489 e. The van der Waals surface area contributed by atoms with Gasteiger partial charge in [-0.3, -0.25) is 0 Å². The minimum absolute atomic E-state index is 0.203. The highest BCUT2D eigenvalue weighted by atomic mass is 16.6. The van der Waals surface area contributed by atoms with Crippen molar-refractivity contribution in [1.82, 2.24) is 4.90 Å². The molecule has 27 heavy (non-hydrogen) atoms. The van der Waals surface area contributed by atoms with Crippen LogP contribution < -0.4 is 4.74 Å². The zero-order valence-electron chi connectivity index (χ0n) is 16.5. The molecule has 1 heterocycles. The average molecular weight is 367 g/mol. The third-order valence-electron chi connectivity index (χ3n) is 4.75. The highest BCUT2D eigenvalue weighted by Gasteiger charge is 2.27. The summed E-state index contributed by atoms with van der Waals surface area (Å²) in [6.45, 7) is 7.77. The molecule has 0 bridgehead atoms. The summed E-state index contributed by atoms with van der Waals surface area (Å²) in [6.07, 6.45) is 1.72. The number of rotatable bonds is 4. The molecule has 2 aromatic carbocycles. The Kier molecular flexibility index (Phi) is 6.04. The van der Waals surface area contributed by atoms with Crippen molar-refractivity contribution in [2.45, 2.75) is 51.7 Å². The fourth-order valence-electron chi connectivity index (χ4n) is 3.30. The number of likely N-dealkylation sites (tertiary alicyclic amines) is 1. The van der Waals surface area contributed by atoms with Crippen LogP contribution in [0.15, 0.2) is 54.6 Å². The Morgan fingerprint density at radius 3 is 2.22 bits per heavy atom. The zero-order chi connectivity index (χ0) is 19.3. The van der Waals surface area contributed by atoms with E-state index in [0.717, 1.165) is 37.2 Å². The first-order valence-corrected chi connectivity index (χ1v) is 9.65. The van der Waals surface area contributed by atoms with E-state index in [1.165, 1.54) is 5.56 Å². The van der Waals surface area contributed by atoms with Crippen molar-refractivity contribution in [3.05, 3.63) is 65.7 Å². The van der Waals surface area contributed by atoms with Gasteiger partial charge in [0, 0.05) is 13.1 Å². The van der Waals surface area contributed by atoms with E-state index in [-0.39, 0.29) is 6.09 Å². The number of hydrogen-bond acceptors (Lipinski definition) is 3. The van der Waals surface area contributed by atoms with Gasteiger partial charge in [0.05, 0.1) is 0 Å². The molecule has 1 aliphatic rings. The van der Waals surface area contributed by atoms with Crippen molar-refractivity contribution in [1.29, 1.82) is 0 Å². The molecule has 4 heteroatoms. The smallest absolute Gasteiger partial charge is 0.410 e. The van der Waals surface area contributed by atoms with Gasteiger partial charge < -0.3 is 14.4 Å². The largest absolute Gasteiger partial charge is 0.489 e. The van der Waals surface area contributed by atoms with Gasteiger partial charge in [-0.15, -0.1) is 0 Å². The Morgan fingerprint density at radius 2 is 1.63 bits per heavy atom. The van der Waals surface area contributed by atoms with Gasteiger partial charge in [-0.2, -0.15) is 0 Å². The zero-order valence-corrected chi connectivity index (χ0v) is 16.5. The molecule has 144 valence electrons. The van der Waals surface area contributed by atoms with Crippen LogP contribution in [0.25, 0.3) is 0 Å². The summed E-state index contributed by atoms with van der Waals surface area (Å²) in [7, 11) is 0. The van der Waals surface area contributed by atoms with Crippen LogP contribution >= 0.6 is 0 Å². The second kappa shape index (κ2) is 8.47. The second-order valence-corrected chi connectivity index (χ2v) is 8.08. The number of ether oxygens (including phenoxy) is 2. The first-order chi connectivity index (χ1) is 12.9. The quantitative estimate of drug-likeness (QED) is 0.728. The highest BCUT2D eigenvalue weighted by Crippen LogP contribution is 2.30. The molecule has 4 nitrogen and oxygen atoms in total. The Bertz CT molecular complexity index is 726. The van der Waals surface area contributed by atoms with Gasteiger partial charge in [-0.1, -0.05) is 42.5 Å². The number of hydrogen-bond donors (Lipinski definition) is 0. The summed E-state index contributed by atoms with van der Waals surface area (Å²) in [5, 5.41) is 0. The SMILES string of the molecule is CC(C)(C)OC(=O)N1CCC(c2ccc(OCc3ccccc3)cc2)CC1. The molecule has 1 fully saturated rings. The molecule has 0 aliphatic carbocycles. The van der Waals surface area contributed by atoms with Crippen molar-refractivity contribution in [3.8, 4) is 5.75 Å².